The van der Waals surface area contributed by atoms with Gasteiger partial charge in [-0.05, 0) is 0 Å². The lowest BCUT2D eigenvalue weighted by Gasteiger charge is -1.85. The predicted octanol–water partition coefficient (Wildman–Crippen LogP) is 1.94. The van der Waals surface area contributed by atoms with Crippen LogP contribution in [-0.2, 0) is 9.53 Å². The first-order valence-electron chi connectivity index (χ1n) is 4.01. The van der Waals surface area contributed by atoms with Gasteiger partial charge in [0.25, 0.3) is 5.69 Å². The van der Waals surface area contributed by atoms with E-state index in [4.69, 9.17) is 0 Å². The van der Waals surface area contributed by atoms with Gasteiger partial charge < -0.3 is 4.74 Å². The first-order chi connectivity index (χ1) is 7.11. The lowest BCUT2D eigenvalue weighted by atomic mass is 10.3. The molecule has 0 unspecified atom stereocenters. The van der Waals surface area contributed by atoms with Crippen LogP contribution in [0.5, 0.6) is 0 Å². The van der Waals surface area contributed by atoms with Crippen molar-refractivity contribution in [3.05, 3.63) is 53.1 Å². The number of nitro groups is 1. The second kappa shape index (κ2) is 7.25. The fourth-order valence-corrected chi connectivity index (χ4v) is 0.633. The minimum atomic E-state index is -0.417. The van der Waals surface area contributed by atoms with Crippen LogP contribution in [0.1, 0.15) is 0 Å². The number of carbonyl (C=O) groups excluding carboxylic acids is 1. The molecule has 1 aromatic rings. The average molecular weight is 209 g/mol. The van der Waals surface area contributed by atoms with Crippen LogP contribution in [0.2, 0.25) is 0 Å². The molecule has 0 aromatic heterocycles. The van der Waals surface area contributed by atoms with Crippen LogP contribution >= 0.6 is 0 Å². The predicted molar refractivity (Wildman–Crippen MR) is 55.3 cm³/mol. The molecule has 15 heavy (non-hydrogen) atoms. The number of hydrogen-bond acceptors (Lipinski definition) is 4. The molecule has 1 aromatic carbocycles. The average Bonchev–Trinajstić information content (AvgIpc) is 2.30. The molecule has 0 aliphatic rings. The van der Waals surface area contributed by atoms with E-state index < -0.39 is 10.9 Å². The zero-order valence-corrected chi connectivity index (χ0v) is 8.25. The monoisotopic (exact) mass is 209 g/mol. The summed E-state index contributed by atoms with van der Waals surface area (Å²) in [5.41, 5.74) is 0.137. The summed E-state index contributed by atoms with van der Waals surface area (Å²) in [5, 5.41) is 10.0. The Balaban J connectivity index is 0.000000288. The Bertz CT molecular complexity index is 335. The largest absolute Gasteiger partial charge is 0.466 e. The van der Waals surface area contributed by atoms with Gasteiger partial charge in [-0.2, -0.15) is 0 Å². The lowest BCUT2D eigenvalue weighted by Crippen LogP contribution is -1.91. The van der Waals surface area contributed by atoms with E-state index >= 15 is 0 Å². The number of ether oxygens (including phenoxy) is 1. The van der Waals surface area contributed by atoms with Crippen molar-refractivity contribution in [1.82, 2.24) is 0 Å². The molecule has 0 heterocycles. The van der Waals surface area contributed by atoms with E-state index in [1.54, 1.807) is 18.2 Å². The Morgan fingerprint density at radius 3 is 2.20 bits per heavy atom. The summed E-state index contributed by atoms with van der Waals surface area (Å²) in [6, 6.07) is 7.93. The topological polar surface area (TPSA) is 69.4 Å². The number of carbonyl (C=O) groups is 1. The third kappa shape index (κ3) is 5.98. The Hall–Kier alpha value is -2.17. The second-order valence-corrected chi connectivity index (χ2v) is 2.32. The molecule has 0 N–H and O–H groups in total. The lowest BCUT2D eigenvalue weighted by molar-refractivity contribution is -0.384. The maximum absolute atomic E-state index is 10.0. The van der Waals surface area contributed by atoms with Gasteiger partial charge >= 0.3 is 5.97 Å². The highest BCUT2D eigenvalue weighted by Gasteiger charge is 1.98. The minimum Gasteiger partial charge on any atom is -0.466 e. The number of methoxy groups -OCH3 is 1. The zero-order valence-electron chi connectivity index (χ0n) is 8.25. The summed E-state index contributed by atoms with van der Waals surface area (Å²) in [7, 11) is 1.31. The number of para-hydroxylation sites is 1. The molecule has 0 spiro atoms. The van der Waals surface area contributed by atoms with Crippen molar-refractivity contribution < 1.29 is 14.5 Å². The van der Waals surface area contributed by atoms with Gasteiger partial charge in [0.15, 0.2) is 0 Å². The summed E-state index contributed by atoms with van der Waals surface area (Å²) in [6.07, 6.45) is 1.11. The van der Waals surface area contributed by atoms with Gasteiger partial charge in [-0.3, -0.25) is 10.1 Å². The highest BCUT2D eigenvalue weighted by Crippen LogP contribution is 2.06. The fraction of sp³-hybridized carbons (Fsp3) is 0.100. The van der Waals surface area contributed by atoms with Crippen LogP contribution in [0, 0.1) is 10.1 Å². The molecule has 0 saturated carbocycles. The number of hydrogen-bond donors (Lipinski definition) is 0. The van der Waals surface area contributed by atoms with Gasteiger partial charge in [0, 0.05) is 18.2 Å². The van der Waals surface area contributed by atoms with E-state index in [1.165, 1.54) is 19.2 Å². The van der Waals surface area contributed by atoms with Gasteiger partial charge in [0.2, 0.25) is 0 Å². The van der Waals surface area contributed by atoms with Crippen LogP contribution in [0.25, 0.3) is 0 Å². The number of rotatable bonds is 2. The molecule has 0 aliphatic carbocycles. The van der Waals surface area contributed by atoms with Gasteiger partial charge in [0.05, 0.1) is 12.0 Å². The van der Waals surface area contributed by atoms with Gasteiger partial charge in [-0.15, -0.1) is 0 Å². The van der Waals surface area contributed by atoms with Crippen LogP contribution in [0.3, 0.4) is 0 Å². The third-order valence-corrected chi connectivity index (χ3v) is 1.33. The summed E-state index contributed by atoms with van der Waals surface area (Å²) >= 11 is 0. The van der Waals surface area contributed by atoms with E-state index in [9.17, 15) is 14.9 Å². The molecule has 5 nitrogen and oxygen atoms in total. The molecule has 0 amide bonds. The Kier molecular flexibility index (Phi) is 6.20. The molecule has 80 valence electrons. The van der Waals surface area contributed by atoms with E-state index in [0.29, 0.717) is 0 Å². The van der Waals surface area contributed by atoms with Crippen molar-refractivity contribution in [2.45, 2.75) is 0 Å². The molecule has 0 bridgehead atoms. The van der Waals surface area contributed by atoms with Crippen molar-refractivity contribution in [1.29, 1.82) is 0 Å². The number of nitrogens with zero attached hydrogens (tertiary/aromatic N) is 1. The summed E-state index contributed by atoms with van der Waals surface area (Å²) in [4.78, 5) is 19.4. The van der Waals surface area contributed by atoms with Gasteiger partial charge in [0.1, 0.15) is 0 Å². The van der Waals surface area contributed by atoms with E-state index in [2.05, 4.69) is 11.3 Å². The molecule has 1 rings (SSSR count). The number of esters is 1. The summed E-state index contributed by atoms with van der Waals surface area (Å²) in [6.45, 7) is 3.16. The number of nitro benzene ring substituents is 1. The summed E-state index contributed by atoms with van der Waals surface area (Å²) < 4.78 is 4.14. The maximum Gasteiger partial charge on any atom is 0.329 e. The normalized spacial score (nSPS) is 8.07. The molecule has 0 aliphatic heterocycles. The molecular weight excluding hydrogens is 198 g/mol. The smallest absolute Gasteiger partial charge is 0.329 e. The third-order valence-electron chi connectivity index (χ3n) is 1.33. The van der Waals surface area contributed by atoms with Crippen molar-refractivity contribution in [2.75, 3.05) is 7.11 Å². The van der Waals surface area contributed by atoms with Gasteiger partial charge in [-0.25, -0.2) is 4.79 Å². The fourth-order valence-electron chi connectivity index (χ4n) is 0.633. The molecule has 0 saturated heterocycles. The van der Waals surface area contributed by atoms with Crippen molar-refractivity contribution in [2.24, 2.45) is 0 Å². The second-order valence-electron chi connectivity index (χ2n) is 2.32. The Labute approximate surface area is 87.1 Å². The molecule has 0 atom stereocenters. The van der Waals surface area contributed by atoms with Crippen molar-refractivity contribution in [3.8, 4) is 0 Å². The van der Waals surface area contributed by atoms with Crippen molar-refractivity contribution in [3.63, 3.8) is 0 Å². The van der Waals surface area contributed by atoms with Crippen LogP contribution in [0.15, 0.2) is 43.0 Å². The zero-order chi connectivity index (χ0) is 11.7. The number of non-ortho nitro benzene ring substituents is 1. The van der Waals surface area contributed by atoms with E-state index in [0.717, 1.165) is 6.08 Å². The summed E-state index contributed by atoms with van der Waals surface area (Å²) in [5.74, 6) is -0.394. The Morgan fingerprint density at radius 1 is 1.47 bits per heavy atom. The maximum atomic E-state index is 10.0. The standard InChI is InChI=1S/C6H5NO2.C4H6O2/c8-7(9)6-4-2-1-3-5-6;1-3-4(5)6-2/h1-5H;3H,1H2,2H3. The van der Waals surface area contributed by atoms with Crippen LogP contribution in [-0.4, -0.2) is 18.0 Å². The first kappa shape index (κ1) is 12.8. The quantitative estimate of drug-likeness (QED) is 0.323. The van der Waals surface area contributed by atoms with Crippen LogP contribution < -0.4 is 0 Å². The molecule has 0 radical (unpaired) electrons. The van der Waals surface area contributed by atoms with Crippen molar-refractivity contribution >= 4 is 11.7 Å². The van der Waals surface area contributed by atoms with E-state index in [1.807, 2.05) is 0 Å². The SMILES string of the molecule is C=CC(=O)OC.O=[N+]([O-])c1ccccc1. The number of benzene rings is 1. The molecule has 0 fully saturated rings. The van der Waals surface area contributed by atoms with E-state index in [-0.39, 0.29) is 5.69 Å². The first-order valence-corrected chi connectivity index (χ1v) is 4.01. The molecular formula is C10H11NO4. The molecule has 5 heteroatoms. The Morgan fingerprint density at radius 2 is 2.00 bits per heavy atom. The van der Waals surface area contributed by atoms with Gasteiger partial charge in [-0.1, -0.05) is 24.8 Å². The minimum absolute atomic E-state index is 0.137. The highest BCUT2D eigenvalue weighted by atomic mass is 16.6. The highest BCUT2D eigenvalue weighted by molar-refractivity contribution is 5.80. The van der Waals surface area contributed by atoms with Crippen LogP contribution in [0.4, 0.5) is 5.69 Å².